The molecule has 39 heavy (non-hydrogen) atoms. The van der Waals surface area contributed by atoms with Crippen molar-refractivity contribution in [1.82, 2.24) is 20.9 Å². The van der Waals surface area contributed by atoms with Gasteiger partial charge in [-0.15, -0.1) is 0 Å². The van der Waals surface area contributed by atoms with Crippen LogP contribution in [0.1, 0.15) is 65.6 Å². The van der Waals surface area contributed by atoms with Crippen molar-refractivity contribution in [2.24, 2.45) is 11.8 Å². The van der Waals surface area contributed by atoms with Crippen LogP contribution in [0.15, 0.2) is 48.5 Å². The van der Waals surface area contributed by atoms with Crippen molar-refractivity contribution in [1.29, 1.82) is 0 Å². The number of imide groups is 1. The Morgan fingerprint density at radius 1 is 0.949 bits per heavy atom. The van der Waals surface area contributed by atoms with Crippen molar-refractivity contribution in [3.05, 3.63) is 70.8 Å². The number of benzene rings is 2. The topological polar surface area (TPSA) is 125 Å². The van der Waals surface area contributed by atoms with Crippen LogP contribution in [0.4, 0.5) is 0 Å². The zero-order valence-electron chi connectivity index (χ0n) is 21.9. The Balaban J connectivity index is 1.21. The number of nitrogens with zero attached hydrogens (tertiary/aromatic N) is 1. The van der Waals surface area contributed by atoms with E-state index < -0.39 is 17.9 Å². The number of hydrogen-bond donors (Lipinski definition) is 3. The van der Waals surface area contributed by atoms with Crippen LogP contribution in [0.25, 0.3) is 0 Å². The van der Waals surface area contributed by atoms with Gasteiger partial charge in [-0.25, -0.2) is 0 Å². The molecule has 1 aliphatic carbocycles. The lowest BCUT2D eigenvalue weighted by Gasteiger charge is -2.29. The minimum absolute atomic E-state index is 0.0298. The Morgan fingerprint density at radius 3 is 2.46 bits per heavy atom. The van der Waals surface area contributed by atoms with Crippen LogP contribution in [0, 0.1) is 11.8 Å². The maximum atomic E-state index is 13.3. The first-order valence-electron chi connectivity index (χ1n) is 13.7. The minimum Gasteiger partial charge on any atom is -0.355 e. The number of amides is 5. The highest BCUT2D eigenvalue weighted by molar-refractivity contribution is 6.05. The molecule has 5 amide bonds. The van der Waals surface area contributed by atoms with E-state index in [4.69, 9.17) is 0 Å². The maximum absolute atomic E-state index is 13.3. The van der Waals surface area contributed by atoms with Gasteiger partial charge in [0.25, 0.3) is 5.91 Å². The molecule has 1 saturated heterocycles. The van der Waals surface area contributed by atoms with Crippen LogP contribution in [0.5, 0.6) is 0 Å². The number of hydrogen-bond acceptors (Lipinski definition) is 5. The molecule has 1 saturated carbocycles. The number of fused-ring (bicyclic) bond motifs is 1. The van der Waals surface area contributed by atoms with Gasteiger partial charge < -0.3 is 15.5 Å². The first-order chi connectivity index (χ1) is 18.9. The van der Waals surface area contributed by atoms with Gasteiger partial charge in [0.05, 0.1) is 5.92 Å². The van der Waals surface area contributed by atoms with Gasteiger partial charge in [0.2, 0.25) is 23.6 Å². The Morgan fingerprint density at radius 2 is 1.72 bits per heavy atom. The predicted molar refractivity (Wildman–Crippen MR) is 143 cm³/mol. The first-order valence-corrected chi connectivity index (χ1v) is 13.7. The van der Waals surface area contributed by atoms with Crippen LogP contribution >= 0.6 is 0 Å². The third-order valence-corrected chi connectivity index (χ3v) is 8.00. The highest BCUT2D eigenvalue weighted by atomic mass is 16.2. The van der Waals surface area contributed by atoms with E-state index in [9.17, 15) is 24.0 Å². The fourth-order valence-corrected chi connectivity index (χ4v) is 5.78. The summed E-state index contributed by atoms with van der Waals surface area (Å²) in [6, 6.07) is 14.5. The molecule has 9 heteroatoms. The molecule has 3 aliphatic rings. The maximum Gasteiger partial charge on any atom is 0.255 e. The molecular weight excluding hydrogens is 496 g/mol. The zero-order chi connectivity index (χ0) is 27.4. The van der Waals surface area contributed by atoms with E-state index in [-0.39, 0.29) is 55.6 Å². The fourth-order valence-electron chi connectivity index (χ4n) is 5.78. The van der Waals surface area contributed by atoms with Crippen LogP contribution in [0.2, 0.25) is 0 Å². The van der Waals surface area contributed by atoms with Crippen molar-refractivity contribution in [3.8, 4) is 0 Å². The molecule has 0 radical (unpaired) electrons. The lowest BCUT2D eigenvalue weighted by Crippen LogP contribution is -2.52. The average Bonchev–Trinajstić information content (AvgIpc) is 3.59. The van der Waals surface area contributed by atoms with Gasteiger partial charge in [0, 0.05) is 37.5 Å². The van der Waals surface area contributed by atoms with E-state index in [0.29, 0.717) is 18.4 Å². The van der Waals surface area contributed by atoms with Crippen LogP contribution in [0.3, 0.4) is 0 Å². The van der Waals surface area contributed by atoms with Gasteiger partial charge in [0.1, 0.15) is 6.04 Å². The molecular formula is C30H34N4O5. The van der Waals surface area contributed by atoms with Gasteiger partial charge in [0.15, 0.2) is 0 Å². The summed E-state index contributed by atoms with van der Waals surface area (Å²) in [4.78, 5) is 64.1. The van der Waals surface area contributed by atoms with E-state index in [1.165, 1.54) is 4.90 Å². The largest absolute Gasteiger partial charge is 0.355 e. The van der Waals surface area contributed by atoms with Crippen molar-refractivity contribution in [2.45, 2.75) is 64.1 Å². The Hall–Kier alpha value is -4.01. The van der Waals surface area contributed by atoms with Gasteiger partial charge in [-0.3, -0.25) is 29.3 Å². The van der Waals surface area contributed by atoms with E-state index in [2.05, 4.69) is 16.0 Å². The summed E-state index contributed by atoms with van der Waals surface area (Å²) in [5, 5.41) is 8.33. The van der Waals surface area contributed by atoms with Crippen LogP contribution < -0.4 is 16.0 Å². The number of piperidine rings is 1. The zero-order valence-corrected chi connectivity index (χ0v) is 21.9. The van der Waals surface area contributed by atoms with Crippen molar-refractivity contribution in [2.75, 3.05) is 6.54 Å². The highest BCUT2D eigenvalue weighted by Gasteiger charge is 2.39. The Kier molecular flexibility index (Phi) is 8.05. The second-order valence-corrected chi connectivity index (χ2v) is 10.7. The molecule has 3 N–H and O–H groups in total. The summed E-state index contributed by atoms with van der Waals surface area (Å²) >= 11 is 0. The standard InChI is InChI=1S/C30H34N4O5/c35-26-13-12-25(29(38)33-26)34-18-23-15-20(10-11-24(23)30(34)39)16-31-28(37)22(14-19-6-2-1-3-7-19)17-32-27(36)21-8-4-5-9-21/h1-3,6-7,10-11,15,21-22,25H,4-5,8-9,12-14,16-18H2,(H,31,37)(H,32,36)(H,33,35,38). The molecule has 2 atom stereocenters. The van der Waals surface area contributed by atoms with Gasteiger partial charge in [-0.05, 0) is 48.4 Å². The molecule has 0 spiro atoms. The van der Waals surface area contributed by atoms with Crippen molar-refractivity contribution in [3.63, 3.8) is 0 Å². The van der Waals surface area contributed by atoms with E-state index in [1.807, 2.05) is 36.4 Å². The van der Waals surface area contributed by atoms with E-state index in [1.54, 1.807) is 12.1 Å². The molecule has 2 unspecified atom stereocenters. The van der Waals surface area contributed by atoms with E-state index in [0.717, 1.165) is 42.4 Å². The molecule has 5 rings (SSSR count). The monoisotopic (exact) mass is 530 g/mol. The van der Waals surface area contributed by atoms with Gasteiger partial charge in [-0.2, -0.15) is 0 Å². The lowest BCUT2D eigenvalue weighted by molar-refractivity contribution is -0.137. The fraction of sp³-hybridized carbons (Fsp3) is 0.433. The molecule has 0 bridgehead atoms. The molecule has 204 valence electrons. The number of nitrogens with one attached hydrogen (secondary N) is 3. The molecule has 2 aromatic rings. The summed E-state index contributed by atoms with van der Waals surface area (Å²) in [6.07, 6.45) is 4.99. The molecule has 2 heterocycles. The minimum atomic E-state index is -0.663. The molecule has 2 aliphatic heterocycles. The van der Waals surface area contributed by atoms with Gasteiger partial charge >= 0.3 is 0 Å². The summed E-state index contributed by atoms with van der Waals surface area (Å²) < 4.78 is 0. The molecule has 2 aromatic carbocycles. The highest BCUT2D eigenvalue weighted by Crippen LogP contribution is 2.28. The third-order valence-electron chi connectivity index (χ3n) is 8.00. The lowest BCUT2D eigenvalue weighted by atomic mass is 9.97. The van der Waals surface area contributed by atoms with Crippen LogP contribution in [-0.4, -0.2) is 47.0 Å². The summed E-state index contributed by atoms with van der Waals surface area (Å²) in [6.45, 7) is 0.836. The predicted octanol–water partition coefficient (Wildman–Crippen LogP) is 2.23. The second-order valence-electron chi connectivity index (χ2n) is 10.7. The van der Waals surface area contributed by atoms with Crippen molar-refractivity contribution < 1.29 is 24.0 Å². The second kappa shape index (κ2) is 11.8. The molecule has 9 nitrogen and oxygen atoms in total. The van der Waals surface area contributed by atoms with Gasteiger partial charge in [-0.1, -0.05) is 55.3 Å². The Bertz CT molecular complexity index is 1270. The average molecular weight is 531 g/mol. The molecule has 2 fully saturated rings. The number of carbonyl (C=O) groups excluding carboxylic acids is 5. The molecule has 0 aromatic heterocycles. The number of rotatable bonds is 9. The SMILES string of the molecule is O=C1CCC(N2Cc3cc(CNC(=O)C(CNC(=O)C4CCCC4)Cc4ccccc4)ccc3C2=O)C(=O)N1. The summed E-state index contributed by atoms with van der Waals surface area (Å²) in [5.41, 5.74) is 3.19. The third kappa shape index (κ3) is 6.19. The summed E-state index contributed by atoms with van der Waals surface area (Å²) in [7, 11) is 0. The first kappa shape index (κ1) is 26.6. The Labute approximate surface area is 227 Å². The normalized spacial score (nSPS) is 19.9. The van der Waals surface area contributed by atoms with Crippen LogP contribution in [-0.2, 0) is 38.7 Å². The van der Waals surface area contributed by atoms with E-state index >= 15 is 0 Å². The smallest absolute Gasteiger partial charge is 0.255 e. The van der Waals surface area contributed by atoms with Crippen molar-refractivity contribution >= 4 is 29.5 Å². The summed E-state index contributed by atoms with van der Waals surface area (Å²) in [5.74, 6) is -1.48. The quantitative estimate of drug-likeness (QED) is 0.429. The number of carbonyl (C=O) groups is 5.